The van der Waals surface area contributed by atoms with Crippen LogP contribution in [0.3, 0.4) is 0 Å². The van der Waals surface area contributed by atoms with Crippen LogP contribution in [0.2, 0.25) is 0 Å². The third-order valence-electron chi connectivity index (χ3n) is 4.59. The van der Waals surface area contributed by atoms with Crippen molar-refractivity contribution >= 4 is 22.8 Å². The van der Waals surface area contributed by atoms with E-state index in [1.54, 1.807) is 32.0 Å². The number of rotatable bonds is 7. The summed E-state index contributed by atoms with van der Waals surface area (Å²) in [5, 5.41) is 12.5. The summed E-state index contributed by atoms with van der Waals surface area (Å²) in [7, 11) is 0. The van der Waals surface area contributed by atoms with Gasteiger partial charge in [-0.3, -0.25) is 4.79 Å². The quantitative estimate of drug-likeness (QED) is 0.734. The van der Waals surface area contributed by atoms with Crippen LogP contribution in [0.25, 0.3) is 11.0 Å². The average Bonchev–Trinajstić information content (AvgIpc) is 2.61. The Bertz CT molecular complexity index is 885. The SMILES string of the molecule is CC[C@H](C)[C@H](NC(=O)COc1ccc2c(C)c(C)c(=O)oc2c1)C(=O)O. The molecule has 1 amide bonds. The number of carboxylic acids is 1. The molecule has 1 aromatic carbocycles. The van der Waals surface area contributed by atoms with Gasteiger partial charge in [-0.1, -0.05) is 20.3 Å². The van der Waals surface area contributed by atoms with Crippen LogP contribution in [0.15, 0.2) is 27.4 Å². The van der Waals surface area contributed by atoms with Gasteiger partial charge in [0, 0.05) is 17.0 Å². The highest BCUT2D eigenvalue weighted by atomic mass is 16.5. The number of benzene rings is 1. The molecule has 0 spiro atoms. The van der Waals surface area contributed by atoms with Gasteiger partial charge in [0.2, 0.25) is 0 Å². The van der Waals surface area contributed by atoms with Gasteiger partial charge in [0.1, 0.15) is 17.4 Å². The lowest BCUT2D eigenvalue weighted by molar-refractivity contribution is -0.143. The Labute approximate surface area is 151 Å². The number of fused-ring (bicyclic) bond motifs is 1. The first kappa shape index (κ1) is 19.5. The van der Waals surface area contributed by atoms with Crippen molar-refractivity contribution in [3.8, 4) is 5.75 Å². The fraction of sp³-hybridized carbons (Fsp3) is 0.421. The van der Waals surface area contributed by atoms with Crippen LogP contribution < -0.4 is 15.7 Å². The Balaban J connectivity index is 2.09. The fourth-order valence-corrected chi connectivity index (χ4v) is 2.57. The molecule has 0 radical (unpaired) electrons. The summed E-state index contributed by atoms with van der Waals surface area (Å²) in [5.41, 5.74) is 1.34. The molecule has 1 aromatic heterocycles. The lowest BCUT2D eigenvalue weighted by Gasteiger charge is -2.20. The van der Waals surface area contributed by atoms with Crippen LogP contribution in [0.1, 0.15) is 31.4 Å². The van der Waals surface area contributed by atoms with Gasteiger partial charge < -0.3 is 19.6 Å². The molecule has 26 heavy (non-hydrogen) atoms. The summed E-state index contributed by atoms with van der Waals surface area (Å²) >= 11 is 0. The minimum Gasteiger partial charge on any atom is -0.484 e. The van der Waals surface area contributed by atoms with Crippen LogP contribution in [-0.2, 0) is 9.59 Å². The van der Waals surface area contributed by atoms with Crippen LogP contribution in [-0.4, -0.2) is 29.6 Å². The number of aliphatic carboxylic acids is 1. The Morgan fingerprint density at radius 2 is 1.96 bits per heavy atom. The second kappa shape index (κ2) is 8.03. The molecule has 2 aromatic rings. The number of hydrogen-bond donors (Lipinski definition) is 2. The van der Waals surface area contributed by atoms with Crippen LogP contribution in [0.4, 0.5) is 0 Å². The molecule has 7 heteroatoms. The van der Waals surface area contributed by atoms with E-state index in [9.17, 15) is 19.5 Å². The normalized spacial score (nSPS) is 13.2. The maximum absolute atomic E-state index is 12.0. The van der Waals surface area contributed by atoms with Gasteiger partial charge in [0.25, 0.3) is 5.91 Å². The zero-order chi connectivity index (χ0) is 19.4. The topological polar surface area (TPSA) is 106 Å². The van der Waals surface area contributed by atoms with Crippen molar-refractivity contribution in [2.75, 3.05) is 6.61 Å². The summed E-state index contributed by atoms with van der Waals surface area (Å²) in [6.07, 6.45) is 0.626. The number of carbonyl (C=O) groups excluding carboxylic acids is 1. The first-order chi connectivity index (χ1) is 12.2. The molecule has 0 unspecified atom stereocenters. The van der Waals surface area contributed by atoms with E-state index < -0.39 is 23.5 Å². The number of aryl methyl sites for hydroxylation is 1. The second-order valence-electron chi connectivity index (χ2n) is 6.36. The Morgan fingerprint density at radius 1 is 1.27 bits per heavy atom. The standard InChI is InChI=1S/C19H23NO6/c1-5-10(2)17(18(22)23)20-16(21)9-25-13-6-7-14-11(3)12(4)19(24)26-15(14)8-13/h6-8,10,17H,5,9H2,1-4H3,(H,20,21)(H,22,23)/t10-,17-/m0/s1. The lowest BCUT2D eigenvalue weighted by Crippen LogP contribution is -2.46. The second-order valence-corrected chi connectivity index (χ2v) is 6.36. The Kier molecular flexibility index (Phi) is 6.02. The van der Waals surface area contributed by atoms with E-state index in [4.69, 9.17) is 9.15 Å². The van der Waals surface area contributed by atoms with Crippen molar-refractivity contribution in [3.63, 3.8) is 0 Å². The molecular formula is C19H23NO6. The van der Waals surface area contributed by atoms with Gasteiger partial charge in [-0.25, -0.2) is 9.59 Å². The number of carboxylic acid groups (broad SMARTS) is 1. The summed E-state index contributed by atoms with van der Waals surface area (Å²) in [4.78, 5) is 35.0. The summed E-state index contributed by atoms with van der Waals surface area (Å²) in [5.74, 6) is -1.45. The molecule has 2 N–H and O–H groups in total. The highest BCUT2D eigenvalue weighted by molar-refractivity contribution is 5.85. The van der Waals surface area contributed by atoms with E-state index in [0.717, 1.165) is 10.9 Å². The first-order valence-electron chi connectivity index (χ1n) is 8.43. The first-order valence-corrected chi connectivity index (χ1v) is 8.43. The third-order valence-corrected chi connectivity index (χ3v) is 4.59. The van der Waals surface area contributed by atoms with E-state index in [1.807, 2.05) is 13.8 Å². The smallest absolute Gasteiger partial charge is 0.339 e. The maximum atomic E-state index is 12.0. The van der Waals surface area contributed by atoms with Crippen molar-refractivity contribution in [1.82, 2.24) is 5.32 Å². The number of amides is 1. The molecular weight excluding hydrogens is 338 g/mol. The molecule has 0 saturated heterocycles. The van der Waals surface area contributed by atoms with Crippen molar-refractivity contribution in [1.29, 1.82) is 0 Å². The molecule has 7 nitrogen and oxygen atoms in total. The van der Waals surface area contributed by atoms with Gasteiger partial charge in [-0.2, -0.15) is 0 Å². The number of nitrogens with one attached hydrogen (secondary N) is 1. The molecule has 0 bridgehead atoms. The zero-order valence-electron chi connectivity index (χ0n) is 15.3. The van der Waals surface area contributed by atoms with Gasteiger partial charge in [0.05, 0.1) is 0 Å². The summed E-state index contributed by atoms with van der Waals surface area (Å²) < 4.78 is 10.7. The van der Waals surface area contributed by atoms with E-state index >= 15 is 0 Å². The predicted octanol–water partition coefficient (Wildman–Crippen LogP) is 2.40. The minimum absolute atomic E-state index is 0.197. The third kappa shape index (κ3) is 4.22. The van der Waals surface area contributed by atoms with E-state index in [2.05, 4.69) is 5.32 Å². The van der Waals surface area contributed by atoms with Crippen LogP contribution in [0, 0.1) is 19.8 Å². The summed E-state index contributed by atoms with van der Waals surface area (Å²) in [6.45, 7) is 6.82. The molecule has 2 rings (SSSR count). The highest BCUT2D eigenvalue weighted by Gasteiger charge is 2.25. The van der Waals surface area contributed by atoms with Crippen molar-refractivity contribution < 1.29 is 23.8 Å². The molecule has 0 saturated carbocycles. The number of hydrogen-bond acceptors (Lipinski definition) is 5. The molecule has 1 heterocycles. The monoisotopic (exact) mass is 361 g/mol. The molecule has 140 valence electrons. The van der Waals surface area contributed by atoms with Gasteiger partial charge in [-0.15, -0.1) is 0 Å². The van der Waals surface area contributed by atoms with Gasteiger partial charge in [-0.05, 0) is 37.5 Å². The number of carbonyl (C=O) groups is 2. The zero-order valence-corrected chi connectivity index (χ0v) is 15.3. The Morgan fingerprint density at radius 3 is 2.58 bits per heavy atom. The number of ether oxygens (including phenoxy) is 1. The predicted molar refractivity (Wildman–Crippen MR) is 96.5 cm³/mol. The van der Waals surface area contributed by atoms with Crippen LogP contribution >= 0.6 is 0 Å². The van der Waals surface area contributed by atoms with Crippen LogP contribution in [0.5, 0.6) is 5.75 Å². The largest absolute Gasteiger partial charge is 0.484 e. The molecule has 0 aliphatic heterocycles. The summed E-state index contributed by atoms with van der Waals surface area (Å²) in [6, 6.07) is 4.01. The molecule has 0 fully saturated rings. The molecule has 2 atom stereocenters. The lowest BCUT2D eigenvalue weighted by atomic mass is 9.99. The Hall–Kier alpha value is -2.83. The minimum atomic E-state index is -1.08. The highest BCUT2D eigenvalue weighted by Crippen LogP contribution is 2.23. The van der Waals surface area contributed by atoms with E-state index in [0.29, 0.717) is 23.3 Å². The van der Waals surface area contributed by atoms with E-state index in [1.165, 1.54) is 0 Å². The maximum Gasteiger partial charge on any atom is 0.339 e. The molecule has 0 aliphatic rings. The van der Waals surface area contributed by atoms with Crippen molar-refractivity contribution in [2.45, 2.75) is 40.2 Å². The molecule has 0 aliphatic carbocycles. The van der Waals surface area contributed by atoms with E-state index in [-0.39, 0.29) is 12.5 Å². The van der Waals surface area contributed by atoms with Crippen molar-refractivity contribution in [2.24, 2.45) is 5.92 Å². The van der Waals surface area contributed by atoms with Crippen molar-refractivity contribution in [3.05, 3.63) is 39.7 Å². The van der Waals surface area contributed by atoms with Gasteiger partial charge >= 0.3 is 11.6 Å². The fourth-order valence-electron chi connectivity index (χ4n) is 2.57. The van der Waals surface area contributed by atoms with Gasteiger partial charge in [0.15, 0.2) is 6.61 Å². The average molecular weight is 361 g/mol.